The Morgan fingerprint density at radius 1 is 1.41 bits per heavy atom. The molecule has 0 amide bonds. The third-order valence-corrected chi connectivity index (χ3v) is 2.46. The lowest BCUT2D eigenvalue weighted by molar-refractivity contribution is -0.127. The van der Waals surface area contributed by atoms with Crippen LogP contribution in [0.4, 0.5) is 4.39 Å². The van der Waals surface area contributed by atoms with Crippen LogP contribution in [-0.2, 0) is 16.0 Å². The number of ketones is 1. The topological polar surface area (TPSA) is 26.3 Å². The summed E-state index contributed by atoms with van der Waals surface area (Å²) in [6.45, 7) is 5.54. The summed E-state index contributed by atoms with van der Waals surface area (Å²) in [6.07, 6.45) is -0.0401. The summed E-state index contributed by atoms with van der Waals surface area (Å²) in [4.78, 5) is 11.6. The lowest BCUT2D eigenvalue weighted by Gasteiger charge is -2.18. The van der Waals surface area contributed by atoms with Gasteiger partial charge in [0.05, 0.1) is 5.60 Å². The molecular weight excluding hydrogens is 243 g/mol. The summed E-state index contributed by atoms with van der Waals surface area (Å²) in [7, 11) is 0. The van der Waals surface area contributed by atoms with Crippen LogP contribution in [0.5, 0.6) is 0 Å². The zero-order valence-electron chi connectivity index (χ0n) is 10.2. The number of carbonyl (C=O) groups is 1. The van der Waals surface area contributed by atoms with E-state index in [0.717, 1.165) is 0 Å². The predicted octanol–water partition coefficient (Wildman–Crippen LogP) is 3.41. The van der Waals surface area contributed by atoms with Crippen molar-refractivity contribution in [3.8, 4) is 0 Å². The van der Waals surface area contributed by atoms with E-state index in [4.69, 9.17) is 16.3 Å². The molecule has 0 aliphatic heterocycles. The average molecular weight is 259 g/mol. The Bertz CT molecular complexity index is 390. The van der Waals surface area contributed by atoms with E-state index in [1.807, 2.05) is 20.8 Å². The van der Waals surface area contributed by atoms with Crippen molar-refractivity contribution in [3.63, 3.8) is 0 Å². The third kappa shape index (κ3) is 4.84. The molecule has 0 radical (unpaired) electrons. The van der Waals surface area contributed by atoms with E-state index in [1.54, 1.807) is 6.07 Å². The Hall–Kier alpha value is -0.930. The fraction of sp³-hybridized carbons (Fsp3) is 0.462. The van der Waals surface area contributed by atoms with Gasteiger partial charge in [0.25, 0.3) is 0 Å². The van der Waals surface area contributed by atoms with Gasteiger partial charge in [-0.3, -0.25) is 4.79 Å². The first-order valence-electron chi connectivity index (χ1n) is 5.38. The number of hydrogen-bond acceptors (Lipinski definition) is 2. The largest absolute Gasteiger partial charge is 0.368 e. The van der Waals surface area contributed by atoms with E-state index in [0.29, 0.717) is 0 Å². The highest BCUT2D eigenvalue weighted by molar-refractivity contribution is 6.31. The van der Waals surface area contributed by atoms with Gasteiger partial charge in [-0.1, -0.05) is 17.7 Å². The predicted molar refractivity (Wildman–Crippen MR) is 65.8 cm³/mol. The van der Waals surface area contributed by atoms with Crippen molar-refractivity contribution in [1.29, 1.82) is 0 Å². The van der Waals surface area contributed by atoms with Crippen molar-refractivity contribution in [2.24, 2.45) is 0 Å². The smallest absolute Gasteiger partial charge is 0.163 e. The van der Waals surface area contributed by atoms with Gasteiger partial charge in [-0.15, -0.1) is 0 Å². The first-order chi connectivity index (χ1) is 7.79. The van der Waals surface area contributed by atoms with Crippen LogP contribution >= 0.6 is 11.6 Å². The molecule has 0 saturated heterocycles. The van der Waals surface area contributed by atoms with E-state index in [2.05, 4.69) is 0 Å². The highest BCUT2D eigenvalue weighted by Gasteiger charge is 2.16. The van der Waals surface area contributed by atoms with E-state index in [9.17, 15) is 9.18 Å². The highest BCUT2D eigenvalue weighted by atomic mass is 35.5. The first-order valence-corrected chi connectivity index (χ1v) is 5.76. The molecule has 2 nitrogen and oxygen atoms in total. The van der Waals surface area contributed by atoms with Crippen LogP contribution in [-0.4, -0.2) is 18.0 Å². The van der Waals surface area contributed by atoms with Crippen LogP contribution < -0.4 is 0 Å². The molecule has 1 aromatic rings. The summed E-state index contributed by atoms with van der Waals surface area (Å²) in [6, 6.07) is 4.37. The van der Waals surface area contributed by atoms with Crippen molar-refractivity contribution < 1.29 is 13.9 Å². The van der Waals surface area contributed by atoms with E-state index >= 15 is 0 Å². The zero-order valence-corrected chi connectivity index (χ0v) is 11.0. The monoisotopic (exact) mass is 258 g/mol. The fourth-order valence-electron chi connectivity index (χ4n) is 1.25. The molecule has 94 valence electrons. The maximum atomic E-state index is 13.4. The zero-order chi connectivity index (χ0) is 13.1. The number of ether oxygens (including phenoxy) is 1. The van der Waals surface area contributed by atoms with Gasteiger partial charge in [-0.25, -0.2) is 4.39 Å². The Morgan fingerprint density at radius 3 is 2.59 bits per heavy atom. The molecule has 0 aliphatic rings. The lowest BCUT2D eigenvalue weighted by atomic mass is 10.1. The molecular formula is C13H16ClFO2. The molecule has 0 aliphatic carbocycles. The summed E-state index contributed by atoms with van der Waals surface area (Å²) >= 11 is 5.83. The quantitative estimate of drug-likeness (QED) is 0.827. The van der Waals surface area contributed by atoms with Crippen molar-refractivity contribution in [3.05, 3.63) is 34.6 Å². The van der Waals surface area contributed by atoms with Crippen LogP contribution in [0.15, 0.2) is 18.2 Å². The number of halogens is 2. The second-order valence-electron chi connectivity index (χ2n) is 4.82. The second-order valence-corrected chi connectivity index (χ2v) is 5.22. The SMILES string of the molecule is CC(C)(C)OCC(=O)Cc1c(F)cccc1Cl. The summed E-state index contributed by atoms with van der Waals surface area (Å²) in [5, 5.41) is 0.272. The summed E-state index contributed by atoms with van der Waals surface area (Å²) in [5.74, 6) is -0.645. The van der Waals surface area contributed by atoms with Gasteiger partial charge >= 0.3 is 0 Å². The van der Waals surface area contributed by atoms with Gasteiger partial charge in [-0.2, -0.15) is 0 Å². The van der Waals surface area contributed by atoms with Gasteiger partial charge in [0, 0.05) is 17.0 Å². The van der Waals surface area contributed by atoms with Crippen LogP contribution in [0, 0.1) is 5.82 Å². The Kier molecular flexibility index (Phi) is 4.66. The van der Waals surface area contributed by atoms with Crippen LogP contribution in [0.2, 0.25) is 5.02 Å². The van der Waals surface area contributed by atoms with Gasteiger partial charge in [0.2, 0.25) is 0 Å². The van der Waals surface area contributed by atoms with Crippen LogP contribution in [0.3, 0.4) is 0 Å². The fourth-order valence-corrected chi connectivity index (χ4v) is 1.48. The van der Waals surface area contributed by atoms with Crippen molar-refractivity contribution in [2.75, 3.05) is 6.61 Å². The van der Waals surface area contributed by atoms with Gasteiger partial charge in [0.15, 0.2) is 5.78 Å². The van der Waals surface area contributed by atoms with Gasteiger partial charge in [-0.05, 0) is 32.9 Å². The molecule has 0 bridgehead atoms. The van der Waals surface area contributed by atoms with E-state index in [1.165, 1.54) is 12.1 Å². The Labute approximate surface area is 106 Å². The highest BCUT2D eigenvalue weighted by Crippen LogP contribution is 2.19. The van der Waals surface area contributed by atoms with Crippen LogP contribution in [0.1, 0.15) is 26.3 Å². The number of rotatable bonds is 4. The molecule has 0 N–H and O–H groups in total. The van der Waals surface area contributed by atoms with Gasteiger partial charge in [0.1, 0.15) is 12.4 Å². The molecule has 0 aromatic heterocycles. The van der Waals surface area contributed by atoms with Crippen LogP contribution in [0.25, 0.3) is 0 Å². The minimum absolute atomic E-state index is 0.0336. The molecule has 0 atom stereocenters. The Balaban J connectivity index is 2.63. The standard InChI is InChI=1S/C13H16ClFO2/c1-13(2,3)17-8-9(16)7-10-11(14)5-4-6-12(10)15/h4-6H,7-8H2,1-3H3. The minimum atomic E-state index is -0.457. The Morgan fingerprint density at radius 2 is 2.06 bits per heavy atom. The summed E-state index contributed by atoms with van der Waals surface area (Å²) < 4.78 is 18.7. The number of carbonyl (C=O) groups excluding carboxylic acids is 1. The average Bonchev–Trinajstić information content (AvgIpc) is 2.20. The molecule has 17 heavy (non-hydrogen) atoms. The third-order valence-electron chi connectivity index (χ3n) is 2.10. The van der Waals surface area contributed by atoms with Crippen molar-refractivity contribution in [2.45, 2.75) is 32.8 Å². The number of benzene rings is 1. The summed E-state index contributed by atoms with van der Waals surface area (Å²) in [5.41, 5.74) is -0.147. The molecule has 4 heteroatoms. The van der Waals surface area contributed by atoms with Crippen molar-refractivity contribution in [1.82, 2.24) is 0 Å². The number of Topliss-reactive ketones (excluding diaryl/α,β-unsaturated/α-hetero) is 1. The molecule has 1 aromatic carbocycles. The number of hydrogen-bond donors (Lipinski definition) is 0. The maximum absolute atomic E-state index is 13.4. The first kappa shape index (κ1) is 14.1. The molecule has 0 heterocycles. The molecule has 1 rings (SSSR count). The normalized spacial score (nSPS) is 11.6. The molecule has 0 unspecified atom stereocenters. The van der Waals surface area contributed by atoms with Gasteiger partial charge < -0.3 is 4.74 Å². The second kappa shape index (κ2) is 5.61. The lowest BCUT2D eigenvalue weighted by Crippen LogP contribution is -2.24. The molecule has 0 spiro atoms. The van der Waals surface area contributed by atoms with E-state index < -0.39 is 5.82 Å². The van der Waals surface area contributed by atoms with E-state index in [-0.39, 0.29) is 35.0 Å². The van der Waals surface area contributed by atoms with Crippen molar-refractivity contribution >= 4 is 17.4 Å². The molecule has 0 fully saturated rings. The maximum Gasteiger partial charge on any atom is 0.163 e. The minimum Gasteiger partial charge on any atom is -0.368 e. The molecule has 0 saturated carbocycles.